The molecule has 5 rings (SSSR count). The van der Waals surface area contributed by atoms with Gasteiger partial charge in [-0.25, -0.2) is 4.39 Å². The molecule has 2 aliphatic rings. The zero-order chi connectivity index (χ0) is 23.0. The van der Waals surface area contributed by atoms with Gasteiger partial charge in [0.1, 0.15) is 22.7 Å². The molecule has 1 aliphatic heterocycles. The molecule has 0 spiro atoms. The zero-order valence-corrected chi connectivity index (χ0v) is 18.6. The fourth-order valence-electron chi connectivity index (χ4n) is 4.79. The van der Waals surface area contributed by atoms with E-state index in [1.54, 1.807) is 53.1 Å². The molecule has 1 N–H and O–H groups in total. The molecule has 8 heteroatoms. The minimum Gasteiger partial charge on any atom is -0.463 e. The van der Waals surface area contributed by atoms with Gasteiger partial charge in [0.05, 0.1) is 12.8 Å². The molecule has 1 fully saturated rings. The maximum absolute atomic E-state index is 13.7. The number of amides is 2. The predicted octanol–water partition coefficient (Wildman–Crippen LogP) is 4.15. The molecule has 1 unspecified atom stereocenters. The maximum atomic E-state index is 13.7. The molecule has 0 saturated heterocycles. The van der Waals surface area contributed by atoms with E-state index in [-0.39, 0.29) is 36.8 Å². The number of benzene rings is 1. The number of hydrogen-bond donors (Lipinski definition) is 1. The van der Waals surface area contributed by atoms with E-state index in [1.807, 2.05) is 0 Å². The molecular weight excluding hydrogens is 423 g/mol. The SMILES string of the molecule is CC1(C(=O)NC2CCCCC2)Cn2nc(-c3ccco3)cc2C(=O)N1Cc1ccc(F)cc1. The van der Waals surface area contributed by atoms with Crippen LogP contribution in [0.4, 0.5) is 4.39 Å². The van der Waals surface area contributed by atoms with Gasteiger partial charge in [0.2, 0.25) is 5.91 Å². The monoisotopic (exact) mass is 450 g/mol. The molecule has 3 heterocycles. The van der Waals surface area contributed by atoms with E-state index in [4.69, 9.17) is 4.42 Å². The Bertz CT molecular complexity index is 1150. The summed E-state index contributed by atoms with van der Waals surface area (Å²) in [6, 6.07) is 11.4. The zero-order valence-electron chi connectivity index (χ0n) is 18.6. The highest BCUT2D eigenvalue weighted by molar-refractivity contribution is 6.00. The highest BCUT2D eigenvalue weighted by Gasteiger charge is 2.48. The van der Waals surface area contributed by atoms with Crippen molar-refractivity contribution in [2.45, 2.75) is 63.7 Å². The van der Waals surface area contributed by atoms with Crippen molar-refractivity contribution < 1.29 is 18.4 Å². The van der Waals surface area contributed by atoms with Crippen LogP contribution in [-0.2, 0) is 17.9 Å². The third-order valence-electron chi connectivity index (χ3n) is 6.75. The number of hydrogen-bond acceptors (Lipinski definition) is 4. The third kappa shape index (κ3) is 4.05. The molecule has 1 atom stereocenters. The fraction of sp³-hybridized carbons (Fsp3) is 0.400. The first kappa shape index (κ1) is 21.4. The topological polar surface area (TPSA) is 80.4 Å². The number of fused-ring (bicyclic) bond motifs is 1. The highest BCUT2D eigenvalue weighted by Crippen LogP contribution is 2.32. The van der Waals surface area contributed by atoms with E-state index in [0.29, 0.717) is 17.1 Å². The van der Waals surface area contributed by atoms with Crippen LogP contribution in [0.3, 0.4) is 0 Å². The van der Waals surface area contributed by atoms with Gasteiger partial charge in [0.25, 0.3) is 5.91 Å². The quantitative estimate of drug-likeness (QED) is 0.633. The Morgan fingerprint density at radius 3 is 2.67 bits per heavy atom. The van der Waals surface area contributed by atoms with Crippen molar-refractivity contribution >= 4 is 11.8 Å². The van der Waals surface area contributed by atoms with Crippen LogP contribution in [0.1, 0.15) is 55.1 Å². The van der Waals surface area contributed by atoms with E-state index < -0.39 is 5.54 Å². The average Bonchev–Trinajstić information content (AvgIpc) is 3.48. The van der Waals surface area contributed by atoms with Crippen molar-refractivity contribution in [1.82, 2.24) is 20.0 Å². The summed E-state index contributed by atoms with van der Waals surface area (Å²) in [5, 5.41) is 7.75. The average molecular weight is 451 g/mol. The van der Waals surface area contributed by atoms with E-state index in [2.05, 4.69) is 10.4 Å². The van der Waals surface area contributed by atoms with E-state index in [0.717, 1.165) is 31.2 Å². The van der Waals surface area contributed by atoms with Crippen LogP contribution >= 0.6 is 0 Å². The van der Waals surface area contributed by atoms with Gasteiger partial charge in [-0.3, -0.25) is 14.3 Å². The Balaban J connectivity index is 1.50. The van der Waals surface area contributed by atoms with Crippen molar-refractivity contribution in [2.75, 3.05) is 0 Å². The lowest BCUT2D eigenvalue weighted by Gasteiger charge is -2.44. The number of aromatic nitrogens is 2. The van der Waals surface area contributed by atoms with Crippen molar-refractivity contribution in [1.29, 1.82) is 0 Å². The second-order valence-corrected chi connectivity index (χ2v) is 9.15. The Morgan fingerprint density at radius 1 is 1.21 bits per heavy atom. The number of furan rings is 1. The van der Waals surface area contributed by atoms with Crippen LogP contribution in [0.25, 0.3) is 11.5 Å². The first-order chi connectivity index (χ1) is 15.9. The number of nitrogens with one attached hydrogen (secondary N) is 1. The molecule has 2 amide bonds. The van der Waals surface area contributed by atoms with Crippen LogP contribution in [0, 0.1) is 5.82 Å². The molecule has 0 radical (unpaired) electrons. The van der Waals surface area contributed by atoms with Crippen LogP contribution in [0.5, 0.6) is 0 Å². The summed E-state index contributed by atoms with van der Waals surface area (Å²) < 4.78 is 20.5. The summed E-state index contributed by atoms with van der Waals surface area (Å²) in [5.41, 5.74) is 0.539. The smallest absolute Gasteiger partial charge is 0.273 e. The summed E-state index contributed by atoms with van der Waals surface area (Å²) >= 11 is 0. The van der Waals surface area contributed by atoms with Crippen LogP contribution in [0.15, 0.2) is 53.1 Å². The normalized spacial score (nSPS) is 21.2. The largest absolute Gasteiger partial charge is 0.463 e. The summed E-state index contributed by atoms with van der Waals surface area (Å²) in [4.78, 5) is 28.9. The predicted molar refractivity (Wildman–Crippen MR) is 120 cm³/mol. The second kappa shape index (κ2) is 8.50. The molecule has 33 heavy (non-hydrogen) atoms. The van der Waals surface area contributed by atoms with Crippen molar-refractivity contribution in [3.63, 3.8) is 0 Å². The van der Waals surface area contributed by atoms with Gasteiger partial charge in [0, 0.05) is 18.7 Å². The Morgan fingerprint density at radius 2 is 1.97 bits per heavy atom. The van der Waals surface area contributed by atoms with Gasteiger partial charge in [-0.05, 0) is 49.6 Å². The summed E-state index contributed by atoms with van der Waals surface area (Å²) in [6.07, 6.45) is 6.82. The van der Waals surface area contributed by atoms with Gasteiger partial charge in [-0.15, -0.1) is 0 Å². The molecule has 0 bridgehead atoms. The molecule has 2 aromatic heterocycles. The molecule has 1 aromatic carbocycles. The van der Waals surface area contributed by atoms with E-state index in [1.165, 1.54) is 18.6 Å². The van der Waals surface area contributed by atoms with Crippen LogP contribution < -0.4 is 5.32 Å². The molecular formula is C25H27FN4O3. The van der Waals surface area contributed by atoms with Crippen LogP contribution in [-0.4, -0.2) is 38.1 Å². The second-order valence-electron chi connectivity index (χ2n) is 9.15. The minimum atomic E-state index is -1.15. The molecule has 1 aliphatic carbocycles. The highest BCUT2D eigenvalue weighted by atomic mass is 19.1. The lowest BCUT2D eigenvalue weighted by atomic mass is 9.91. The molecule has 7 nitrogen and oxygen atoms in total. The van der Waals surface area contributed by atoms with Crippen molar-refractivity contribution in [3.8, 4) is 11.5 Å². The number of carbonyl (C=O) groups excluding carboxylic acids is 2. The minimum absolute atomic E-state index is 0.114. The van der Waals surface area contributed by atoms with E-state index >= 15 is 0 Å². The maximum Gasteiger partial charge on any atom is 0.273 e. The Kier molecular flexibility index (Phi) is 5.52. The van der Waals surface area contributed by atoms with Crippen LogP contribution in [0.2, 0.25) is 0 Å². The lowest BCUT2D eigenvalue weighted by Crippen LogP contribution is -2.64. The first-order valence-corrected chi connectivity index (χ1v) is 11.4. The van der Waals surface area contributed by atoms with Gasteiger partial charge >= 0.3 is 0 Å². The summed E-state index contributed by atoms with van der Waals surface area (Å²) in [6.45, 7) is 2.19. The van der Waals surface area contributed by atoms with Gasteiger partial charge in [-0.1, -0.05) is 31.4 Å². The Labute approximate surface area is 191 Å². The number of nitrogens with zero attached hydrogens (tertiary/aromatic N) is 3. The fourth-order valence-corrected chi connectivity index (χ4v) is 4.79. The van der Waals surface area contributed by atoms with Gasteiger partial charge in [0.15, 0.2) is 5.76 Å². The van der Waals surface area contributed by atoms with Gasteiger partial charge in [-0.2, -0.15) is 5.10 Å². The number of rotatable bonds is 5. The van der Waals surface area contributed by atoms with E-state index in [9.17, 15) is 14.0 Å². The van der Waals surface area contributed by atoms with Crippen molar-refractivity contribution in [3.05, 3.63) is 65.8 Å². The Hall–Kier alpha value is -3.42. The summed E-state index contributed by atoms with van der Waals surface area (Å²) in [7, 11) is 0. The molecule has 172 valence electrons. The first-order valence-electron chi connectivity index (χ1n) is 11.4. The number of carbonyl (C=O) groups is 2. The number of halogens is 1. The third-order valence-corrected chi connectivity index (χ3v) is 6.75. The standard InChI is InChI=1S/C25H27FN4O3/c1-25(24(32)27-19-6-3-2-4-7-19)16-30-21(14-20(28-30)22-8-5-13-33-22)23(31)29(25)15-17-9-11-18(26)12-10-17/h5,8-14,19H,2-4,6-7,15-16H2,1H3,(H,27,32). The molecule has 3 aromatic rings. The lowest BCUT2D eigenvalue weighted by molar-refractivity contribution is -0.134. The molecule has 1 saturated carbocycles. The van der Waals surface area contributed by atoms with Gasteiger partial charge < -0.3 is 14.6 Å². The summed E-state index contributed by atoms with van der Waals surface area (Å²) in [5.74, 6) is -0.270. The van der Waals surface area contributed by atoms with Crippen molar-refractivity contribution in [2.24, 2.45) is 0 Å².